The van der Waals surface area contributed by atoms with Gasteiger partial charge in [-0.25, -0.2) is 9.59 Å². The zero-order chi connectivity index (χ0) is 13.1. The Morgan fingerprint density at radius 3 is 2.89 bits per heavy atom. The molecule has 1 aromatic rings. The minimum Gasteiger partial charge on any atom is -0.480 e. The quantitative estimate of drug-likeness (QED) is 0.796. The molecule has 0 saturated carbocycles. The molecule has 1 aliphatic heterocycles. The van der Waals surface area contributed by atoms with Crippen molar-refractivity contribution in [1.82, 2.24) is 4.90 Å². The third-order valence-corrected chi connectivity index (χ3v) is 3.55. The molecule has 1 aromatic carbocycles. The number of hydrogen-bond acceptors (Lipinski definition) is 2. The van der Waals surface area contributed by atoms with Crippen molar-refractivity contribution in [1.29, 1.82) is 0 Å². The summed E-state index contributed by atoms with van der Waals surface area (Å²) in [6.45, 7) is 0.493. The number of amides is 2. The molecule has 5 nitrogen and oxygen atoms in total. The van der Waals surface area contributed by atoms with E-state index in [1.165, 1.54) is 4.90 Å². The van der Waals surface area contributed by atoms with Gasteiger partial charge in [0.25, 0.3) is 0 Å². The standard InChI is InChI=1S/C12H13IN2O3/c13-8-3-1-4-9(7-8)14-12(18)15-6-2-5-10(15)11(16)17/h1,3-4,7,10H,2,5-6H2,(H,14,18)(H,16,17). The lowest BCUT2D eigenvalue weighted by atomic mass is 10.2. The highest BCUT2D eigenvalue weighted by atomic mass is 127. The van der Waals surface area contributed by atoms with Crippen LogP contribution in [0, 0.1) is 3.57 Å². The molecular weight excluding hydrogens is 347 g/mol. The second-order valence-corrected chi connectivity index (χ2v) is 5.38. The predicted molar refractivity (Wildman–Crippen MR) is 75.5 cm³/mol. The third kappa shape index (κ3) is 2.92. The molecule has 0 aromatic heterocycles. The number of nitrogens with zero attached hydrogens (tertiary/aromatic N) is 1. The molecule has 2 N–H and O–H groups in total. The minimum absolute atomic E-state index is 0.345. The van der Waals surface area contributed by atoms with E-state index in [0.29, 0.717) is 18.7 Å². The van der Waals surface area contributed by atoms with Crippen LogP contribution >= 0.6 is 22.6 Å². The molecule has 0 radical (unpaired) electrons. The summed E-state index contributed by atoms with van der Waals surface area (Å²) in [7, 11) is 0. The molecule has 6 heteroatoms. The van der Waals surface area contributed by atoms with Crippen LogP contribution in [0.1, 0.15) is 12.8 Å². The SMILES string of the molecule is O=C(O)C1CCCN1C(=O)Nc1cccc(I)c1. The van der Waals surface area contributed by atoms with Gasteiger partial charge in [-0.3, -0.25) is 0 Å². The number of likely N-dealkylation sites (tertiary alicyclic amines) is 1. The summed E-state index contributed by atoms with van der Waals surface area (Å²) in [5, 5.41) is 11.7. The van der Waals surface area contributed by atoms with Crippen LogP contribution in [0.2, 0.25) is 0 Å². The van der Waals surface area contributed by atoms with Crippen molar-refractivity contribution in [3.63, 3.8) is 0 Å². The second kappa shape index (κ2) is 5.55. The Morgan fingerprint density at radius 1 is 1.44 bits per heavy atom. The number of anilines is 1. The highest BCUT2D eigenvalue weighted by molar-refractivity contribution is 14.1. The molecule has 2 rings (SSSR count). The Labute approximate surface area is 118 Å². The summed E-state index contributed by atoms with van der Waals surface area (Å²) in [4.78, 5) is 24.4. The van der Waals surface area contributed by atoms with E-state index >= 15 is 0 Å². The number of halogens is 1. The Kier molecular flexibility index (Phi) is 4.05. The van der Waals surface area contributed by atoms with Gasteiger partial charge in [-0.15, -0.1) is 0 Å². The van der Waals surface area contributed by atoms with Gasteiger partial charge in [-0.1, -0.05) is 6.07 Å². The molecule has 0 bridgehead atoms. The lowest BCUT2D eigenvalue weighted by molar-refractivity contribution is -0.141. The maximum absolute atomic E-state index is 12.0. The van der Waals surface area contributed by atoms with E-state index in [-0.39, 0.29) is 6.03 Å². The fourth-order valence-corrected chi connectivity index (χ4v) is 2.57. The Balaban J connectivity index is 2.06. The minimum atomic E-state index is -0.940. The van der Waals surface area contributed by atoms with Crippen molar-refractivity contribution < 1.29 is 14.7 Å². The normalized spacial score (nSPS) is 18.7. The molecule has 18 heavy (non-hydrogen) atoms. The first-order valence-corrected chi connectivity index (χ1v) is 6.72. The van der Waals surface area contributed by atoms with Gasteiger partial charge in [0, 0.05) is 15.8 Å². The largest absolute Gasteiger partial charge is 0.480 e. The number of carbonyl (C=O) groups is 2. The molecule has 1 aliphatic rings. The molecule has 1 saturated heterocycles. The number of benzene rings is 1. The number of carbonyl (C=O) groups excluding carboxylic acids is 1. The van der Waals surface area contributed by atoms with E-state index in [2.05, 4.69) is 27.9 Å². The maximum atomic E-state index is 12.0. The highest BCUT2D eigenvalue weighted by Crippen LogP contribution is 2.19. The molecule has 1 atom stereocenters. The van der Waals surface area contributed by atoms with E-state index in [0.717, 1.165) is 9.99 Å². The third-order valence-electron chi connectivity index (χ3n) is 2.87. The topological polar surface area (TPSA) is 69.6 Å². The van der Waals surface area contributed by atoms with E-state index < -0.39 is 12.0 Å². The van der Waals surface area contributed by atoms with Crippen molar-refractivity contribution in [2.24, 2.45) is 0 Å². The van der Waals surface area contributed by atoms with Gasteiger partial charge in [0.2, 0.25) is 0 Å². The van der Waals surface area contributed by atoms with E-state index in [4.69, 9.17) is 5.11 Å². The first-order chi connectivity index (χ1) is 8.58. The average molecular weight is 360 g/mol. The van der Waals surface area contributed by atoms with Gasteiger partial charge in [0.05, 0.1) is 0 Å². The maximum Gasteiger partial charge on any atom is 0.326 e. The Bertz CT molecular complexity index is 478. The van der Waals surface area contributed by atoms with Crippen LogP contribution in [0.5, 0.6) is 0 Å². The van der Waals surface area contributed by atoms with Crippen LogP contribution in [-0.4, -0.2) is 34.6 Å². The highest BCUT2D eigenvalue weighted by Gasteiger charge is 2.33. The van der Waals surface area contributed by atoms with Crippen LogP contribution in [-0.2, 0) is 4.79 Å². The zero-order valence-corrected chi connectivity index (χ0v) is 11.8. The Morgan fingerprint density at radius 2 is 2.22 bits per heavy atom. The van der Waals surface area contributed by atoms with Crippen LogP contribution in [0.15, 0.2) is 24.3 Å². The summed E-state index contributed by atoms with van der Waals surface area (Å²) >= 11 is 2.16. The molecule has 1 heterocycles. The monoisotopic (exact) mass is 360 g/mol. The Hall–Kier alpha value is -1.31. The first-order valence-electron chi connectivity index (χ1n) is 5.64. The number of urea groups is 1. The average Bonchev–Trinajstić information content (AvgIpc) is 2.77. The van der Waals surface area contributed by atoms with Gasteiger partial charge in [0.15, 0.2) is 0 Å². The van der Waals surface area contributed by atoms with Crippen LogP contribution in [0.3, 0.4) is 0 Å². The van der Waals surface area contributed by atoms with Crippen LogP contribution in [0.4, 0.5) is 10.5 Å². The fraction of sp³-hybridized carbons (Fsp3) is 0.333. The van der Waals surface area contributed by atoms with Gasteiger partial charge >= 0.3 is 12.0 Å². The van der Waals surface area contributed by atoms with Crippen molar-refractivity contribution in [2.75, 3.05) is 11.9 Å². The van der Waals surface area contributed by atoms with Crippen molar-refractivity contribution in [2.45, 2.75) is 18.9 Å². The number of hydrogen-bond donors (Lipinski definition) is 2. The van der Waals surface area contributed by atoms with E-state index in [9.17, 15) is 9.59 Å². The summed E-state index contributed by atoms with van der Waals surface area (Å²) in [6, 6.07) is 6.34. The first kappa shape index (κ1) is 13.1. The van der Waals surface area contributed by atoms with Crippen molar-refractivity contribution >= 4 is 40.3 Å². The number of aliphatic carboxylic acids is 1. The van der Waals surface area contributed by atoms with Gasteiger partial charge in [-0.05, 0) is 53.6 Å². The lowest BCUT2D eigenvalue weighted by Crippen LogP contribution is -2.42. The van der Waals surface area contributed by atoms with Gasteiger partial charge in [0.1, 0.15) is 6.04 Å². The van der Waals surface area contributed by atoms with Crippen LogP contribution in [0.25, 0.3) is 0 Å². The molecule has 96 valence electrons. The van der Waals surface area contributed by atoms with Gasteiger partial charge < -0.3 is 15.3 Å². The predicted octanol–water partition coefficient (Wildman–Crippen LogP) is 2.37. The molecule has 0 aliphatic carbocycles. The van der Waals surface area contributed by atoms with Crippen molar-refractivity contribution in [3.8, 4) is 0 Å². The molecule has 0 spiro atoms. The van der Waals surface area contributed by atoms with Gasteiger partial charge in [-0.2, -0.15) is 0 Å². The smallest absolute Gasteiger partial charge is 0.326 e. The van der Waals surface area contributed by atoms with E-state index in [1.807, 2.05) is 18.2 Å². The summed E-state index contributed by atoms with van der Waals surface area (Å²) in [5.74, 6) is -0.940. The summed E-state index contributed by atoms with van der Waals surface area (Å²) in [6.07, 6.45) is 1.26. The number of carboxylic acids is 1. The number of rotatable bonds is 2. The summed E-state index contributed by atoms with van der Waals surface area (Å²) in [5.41, 5.74) is 0.683. The second-order valence-electron chi connectivity index (χ2n) is 4.13. The zero-order valence-electron chi connectivity index (χ0n) is 9.60. The lowest BCUT2D eigenvalue weighted by Gasteiger charge is -2.21. The molecule has 1 fully saturated rings. The summed E-state index contributed by atoms with van der Waals surface area (Å²) < 4.78 is 1.02. The van der Waals surface area contributed by atoms with E-state index in [1.54, 1.807) is 6.07 Å². The molecule has 1 unspecified atom stereocenters. The van der Waals surface area contributed by atoms with Crippen molar-refractivity contribution in [3.05, 3.63) is 27.8 Å². The molecule has 2 amide bonds. The van der Waals surface area contributed by atoms with Crippen LogP contribution < -0.4 is 5.32 Å². The number of carboxylic acid groups (broad SMARTS) is 1. The number of nitrogens with one attached hydrogen (secondary N) is 1. The molecular formula is C12H13IN2O3. The fourth-order valence-electron chi connectivity index (χ4n) is 2.03.